The largest absolute Gasteiger partial charge is 0.586 e. The molecule has 2 aromatic heterocycles. The van der Waals surface area contributed by atoms with Crippen LogP contribution in [0.5, 0.6) is 23.0 Å². The van der Waals surface area contributed by atoms with Crippen LogP contribution in [0, 0.1) is 0 Å². The monoisotopic (exact) mass is 705 g/mol. The van der Waals surface area contributed by atoms with Gasteiger partial charge >= 0.3 is 6.29 Å². The van der Waals surface area contributed by atoms with Gasteiger partial charge in [-0.05, 0) is 55.7 Å². The summed E-state index contributed by atoms with van der Waals surface area (Å²) in [5.74, 6) is -1.94. The molecule has 0 saturated heterocycles. The van der Waals surface area contributed by atoms with Crippen LogP contribution in [0.25, 0.3) is 22.2 Å². The topological polar surface area (TPSA) is 160 Å². The van der Waals surface area contributed by atoms with Crippen molar-refractivity contribution in [3.8, 4) is 34.3 Å². The number of amides is 2. The zero-order chi connectivity index (χ0) is 35.4. The van der Waals surface area contributed by atoms with Crippen molar-refractivity contribution in [2.24, 2.45) is 5.73 Å². The fourth-order valence-corrected chi connectivity index (χ4v) is 6.15. The SMILES string of the molecule is CCOc1c(C(N)=O)cc([C@@](O)(CNC(=O)c2cc(OC)c3nn(C4CC4)cc3c2)c2ccccc2)nc1-c1ccc2c(c1Cl)OC(F)(F)O2. The fraction of sp³-hybridized carbons (Fsp3) is 0.257. The van der Waals surface area contributed by atoms with Crippen molar-refractivity contribution < 1.29 is 42.4 Å². The third kappa shape index (κ3) is 5.90. The number of ether oxygens (including phenoxy) is 4. The van der Waals surface area contributed by atoms with E-state index in [1.807, 2.05) is 10.9 Å². The maximum atomic E-state index is 14.0. The molecule has 1 saturated carbocycles. The number of fused-ring (bicyclic) bond motifs is 2. The molecular weight excluding hydrogens is 676 g/mol. The Bertz CT molecular complexity index is 2160. The molecule has 1 aliphatic heterocycles. The minimum absolute atomic E-state index is 0.0195. The van der Waals surface area contributed by atoms with Gasteiger partial charge < -0.3 is 35.1 Å². The van der Waals surface area contributed by atoms with Crippen LogP contribution in [0.3, 0.4) is 0 Å². The number of methoxy groups -OCH3 is 1. The number of halogens is 3. The van der Waals surface area contributed by atoms with Gasteiger partial charge in [-0.1, -0.05) is 41.9 Å². The highest BCUT2D eigenvalue weighted by Crippen LogP contribution is 2.50. The zero-order valence-corrected chi connectivity index (χ0v) is 27.5. The van der Waals surface area contributed by atoms with Crippen molar-refractivity contribution in [2.45, 2.75) is 37.7 Å². The minimum Gasteiger partial charge on any atom is -0.494 e. The molecule has 1 aliphatic carbocycles. The summed E-state index contributed by atoms with van der Waals surface area (Å²) in [6.07, 6.45) is -0.0423. The number of nitrogens with one attached hydrogen (secondary N) is 1. The number of nitrogens with two attached hydrogens (primary N) is 1. The third-order valence-corrected chi connectivity index (χ3v) is 8.84. The number of alkyl halides is 2. The molecule has 0 radical (unpaired) electrons. The van der Waals surface area contributed by atoms with E-state index in [4.69, 9.17) is 26.8 Å². The third-order valence-electron chi connectivity index (χ3n) is 8.47. The number of aliphatic hydroxyl groups is 1. The molecule has 12 nitrogen and oxygen atoms in total. The number of hydrogen-bond donors (Lipinski definition) is 3. The molecule has 4 N–H and O–H groups in total. The maximum Gasteiger partial charge on any atom is 0.586 e. The summed E-state index contributed by atoms with van der Waals surface area (Å²) >= 11 is 6.58. The average Bonchev–Trinajstić information content (AvgIpc) is 3.78. The molecule has 5 aromatic rings. The van der Waals surface area contributed by atoms with Crippen molar-refractivity contribution in [3.63, 3.8) is 0 Å². The first-order valence-electron chi connectivity index (χ1n) is 15.6. The number of benzene rings is 3. The van der Waals surface area contributed by atoms with Crippen molar-refractivity contribution in [1.82, 2.24) is 20.1 Å². The number of aromatic nitrogens is 3. The molecule has 2 amide bonds. The summed E-state index contributed by atoms with van der Waals surface area (Å²) in [5.41, 5.74) is 4.50. The lowest BCUT2D eigenvalue weighted by Crippen LogP contribution is -2.42. The van der Waals surface area contributed by atoms with E-state index in [0.717, 1.165) is 12.8 Å². The Morgan fingerprint density at radius 2 is 1.92 bits per heavy atom. The molecular formula is C35H30ClF2N5O7. The molecule has 50 heavy (non-hydrogen) atoms. The van der Waals surface area contributed by atoms with E-state index in [1.54, 1.807) is 49.4 Å². The Labute approximate surface area is 288 Å². The molecule has 0 unspecified atom stereocenters. The molecule has 3 aromatic carbocycles. The summed E-state index contributed by atoms with van der Waals surface area (Å²) in [5, 5.41) is 20.3. The standard InChI is InChI=1S/C35H30ClF2N5O7/c1-3-48-30-23(32(39)44)15-26(41-29(30)22-11-12-24-31(27(22)36)50-35(37,38)49-24)34(46,20-7-5-4-6-8-20)17-40-33(45)18-13-19-16-43(21-9-10-21)42-28(19)25(14-18)47-2/h4-8,11-16,21,46H,3,9-10,17H2,1-2H3,(H2,39,44)(H,40,45)/t34-/m1/s1. The van der Waals surface area contributed by atoms with Crippen molar-refractivity contribution in [3.05, 3.63) is 94.3 Å². The lowest BCUT2D eigenvalue weighted by molar-refractivity contribution is -0.286. The summed E-state index contributed by atoms with van der Waals surface area (Å²) < 4.78 is 50.3. The first-order chi connectivity index (χ1) is 23.9. The van der Waals surface area contributed by atoms with Gasteiger partial charge in [0.1, 0.15) is 22.6 Å². The van der Waals surface area contributed by atoms with E-state index in [2.05, 4.69) is 24.9 Å². The molecule has 1 atom stereocenters. The van der Waals surface area contributed by atoms with Crippen LogP contribution < -0.4 is 30.0 Å². The molecule has 3 heterocycles. The Morgan fingerprint density at radius 1 is 1.16 bits per heavy atom. The number of primary amides is 1. The second-order valence-electron chi connectivity index (χ2n) is 11.8. The maximum absolute atomic E-state index is 14.0. The van der Waals surface area contributed by atoms with Crippen molar-refractivity contribution in [2.75, 3.05) is 20.3 Å². The quantitative estimate of drug-likeness (QED) is 0.159. The molecule has 0 bridgehead atoms. The van der Waals surface area contributed by atoms with Crippen LogP contribution in [0.2, 0.25) is 5.02 Å². The van der Waals surface area contributed by atoms with Crippen LogP contribution >= 0.6 is 11.6 Å². The zero-order valence-electron chi connectivity index (χ0n) is 26.7. The van der Waals surface area contributed by atoms with E-state index in [9.17, 15) is 23.5 Å². The summed E-state index contributed by atoms with van der Waals surface area (Å²) in [7, 11) is 1.49. The predicted molar refractivity (Wildman–Crippen MR) is 177 cm³/mol. The Balaban J connectivity index is 1.32. The van der Waals surface area contributed by atoms with Gasteiger partial charge in [0.15, 0.2) is 17.2 Å². The van der Waals surface area contributed by atoms with E-state index < -0.39 is 36.0 Å². The van der Waals surface area contributed by atoms with E-state index in [0.29, 0.717) is 28.3 Å². The number of nitrogens with zero attached hydrogens (tertiary/aromatic N) is 3. The molecule has 15 heteroatoms. The van der Waals surface area contributed by atoms with Crippen LogP contribution in [0.1, 0.15) is 57.8 Å². The second-order valence-corrected chi connectivity index (χ2v) is 12.2. The molecule has 7 rings (SSSR count). The van der Waals surface area contributed by atoms with Crippen molar-refractivity contribution in [1.29, 1.82) is 0 Å². The first-order valence-corrected chi connectivity index (χ1v) is 16.0. The van der Waals surface area contributed by atoms with E-state index in [1.165, 1.54) is 25.3 Å². The summed E-state index contributed by atoms with van der Waals surface area (Å²) in [6.45, 7) is 1.28. The molecule has 258 valence electrons. The smallest absolute Gasteiger partial charge is 0.494 e. The summed E-state index contributed by atoms with van der Waals surface area (Å²) in [6, 6.07) is 15.7. The Morgan fingerprint density at radius 3 is 2.60 bits per heavy atom. The van der Waals surface area contributed by atoms with Crippen LogP contribution in [0.15, 0.2) is 66.9 Å². The van der Waals surface area contributed by atoms with Gasteiger partial charge in [0, 0.05) is 22.7 Å². The highest BCUT2D eigenvalue weighted by atomic mass is 35.5. The highest BCUT2D eigenvalue weighted by Gasteiger charge is 2.45. The Kier molecular flexibility index (Phi) is 8.23. The number of pyridine rings is 1. The highest BCUT2D eigenvalue weighted by molar-refractivity contribution is 6.35. The lowest BCUT2D eigenvalue weighted by atomic mass is 9.88. The minimum atomic E-state index is -3.96. The van der Waals surface area contributed by atoms with Crippen LogP contribution in [0.4, 0.5) is 8.78 Å². The van der Waals surface area contributed by atoms with Gasteiger partial charge in [-0.25, -0.2) is 4.98 Å². The van der Waals surface area contributed by atoms with Gasteiger partial charge in [0.2, 0.25) is 0 Å². The van der Waals surface area contributed by atoms with Crippen molar-refractivity contribution >= 4 is 34.3 Å². The van der Waals surface area contributed by atoms with Gasteiger partial charge in [-0.3, -0.25) is 14.3 Å². The van der Waals surface area contributed by atoms with E-state index in [-0.39, 0.29) is 51.2 Å². The predicted octanol–water partition coefficient (Wildman–Crippen LogP) is 5.58. The normalized spacial score (nSPS) is 15.8. The van der Waals surface area contributed by atoms with Crippen LogP contribution in [-0.2, 0) is 5.60 Å². The van der Waals surface area contributed by atoms with Gasteiger partial charge in [-0.2, -0.15) is 5.10 Å². The Hall–Kier alpha value is -5.47. The lowest BCUT2D eigenvalue weighted by Gasteiger charge is -2.30. The van der Waals surface area contributed by atoms with Gasteiger partial charge in [0.05, 0.1) is 42.6 Å². The van der Waals surface area contributed by atoms with Gasteiger partial charge in [-0.15, -0.1) is 8.78 Å². The molecule has 0 spiro atoms. The number of hydrogen-bond acceptors (Lipinski definition) is 9. The number of rotatable bonds is 11. The first kappa shape index (κ1) is 33.0. The fourth-order valence-electron chi connectivity index (χ4n) is 5.86. The molecule has 1 fully saturated rings. The number of carbonyl (C=O) groups excluding carboxylic acids is 2. The van der Waals surface area contributed by atoms with Gasteiger partial charge in [0.25, 0.3) is 11.8 Å². The second kappa shape index (κ2) is 12.4. The summed E-state index contributed by atoms with van der Waals surface area (Å²) in [4.78, 5) is 31.3. The van der Waals surface area contributed by atoms with Crippen LogP contribution in [-0.4, -0.2) is 58.2 Å². The van der Waals surface area contributed by atoms with E-state index >= 15 is 0 Å². The molecule has 2 aliphatic rings. The average molecular weight is 706 g/mol. The number of carbonyl (C=O) groups is 2.